The van der Waals surface area contributed by atoms with Crippen molar-refractivity contribution in [3.05, 3.63) is 115 Å². The number of rotatable bonds is 4. The van der Waals surface area contributed by atoms with E-state index in [9.17, 15) is 0 Å². The van der Waals surface area contributed by atoms with Crippen LogP contribution in [0.5, 0.6) is 5.75 Å². The number of hydrogen-bond donors (Lipinski definition) is 1. The van der Waals surface area contributed by atoms with Crippen LogP contribution in [0.2, 0.25) is 0 Å². The predicted molar refractivity (Wildman–Crippen MR) is 138 cm³/mol. The van der Waals surface area contributed by atoms with Crippen molar-refractivity contribution < 1.29 is 9.68 Å². The Balaban J connectivity index is 1.72. The Morgan fingerprint density at radius 2 is 1.03 bits per heavy atom. The average molecular weight is 423 g/mol. The van der Waals surface area contributed by atoms with Crippen LogP contribution in [-0.2, 0) is 0 Å². The highest BCUT2D eigenvalue weighted by Crippen LogP contribution is 2.44. The molecule has 1 radical (unpaired) electrons. The van der Waals surface area contributed by atoms with Gasteiger partial charge in [0.15, 0.2) is 0 Å². The van der Waals surface area contributed by atoms with Crippen molar-refractivity contribution >= 4 is 40.0 Å². The molecule has 0 saturated carbocycles. The minimum atomic E-state index is 0.599. The Bertz CT molecular complexity index is 1580. The molecule has 1 N–H and O–H groups in total. The first-order valence-corrected chi connectivity index (χ1v) is 11.0. The lowest BCUT2D eigenvalue weighted by atomic mass is 9.85. The molecule has 0 heterocycles. The van der Waals surface area contributed by atoms with E-state index >= 15 is 0 Å². The van der Waals surface area contributed by atoms with Gasteiger partial charge in [-0.3, -0.25) is 0 Å². The summed E-state index contributed by atoms with van der Waals surface area (Å²) in [6.07, 6.45) is 0. The number of hydrogen-bond acceptors (Lipinski definition) is 2. The highest BCUT2D eigenvalue weighted by Gasteiger charge is 2.16. The standard InChI is InChI=1S/C30H20BO2/c32-31-33-24-11-7-10-22(19-24)29-25-12-3-5-14-27(25)30(28-15-6-4-13-26(28)29)23-17-16-20-8-1-2-9-21(20)18-23/h1-19,32H. The molecule has 3 heteroatoms. The number of benzene rings is 6. The first-order valence-electron chi connectivity index (χ1n) is 11.0. The van der Waals surface area contributed by atoms with Crippen LogP contribution in [0.15, 0.2) is 115 Å². The maximum atomic E-state index is 9.12. The third-order valence-corrected chi connectivity index (χ3v) is 6.28. The molecule has 6 aromatic carbocycles. The quantitative estimate of drug-likeness (QED) is 0.237. The molecule has 0 saturated heterocycles. The van der Waals surface area contributed by atoms with Crippen LogP contribution >= 0.6 is 0 Å². The summed E-state index contributed by atoms with van der Waals surface area (Å²) in [5, 5.41) is 16.4. The molecular formula is C30H20BO2. The van der Waals surface area contributed by atoms with Gasteiger partial charge in [0, 0.05) is 0 Å². The van der Waals surface area contributed by atoms with E-state index in [1.54, 1.807) is 0 Å². The van der Waals surface area contributed by atoms with Gasteiger partial charge in [-0.25, -0.2) is 0 Å². The summed E-state index contributed by atoms with van der Waals surface area (Å²) >= 11 is 0. The highest BCUT2D eigenvalue weighted by atomic mass is 16.5. The summed E-state index contributed by atoms with van der Waals surface area (Å²) in [6.45, 7) is 0. The van der Waals surface area contributed by atoms with E-state index < -0.39 is 0 Å². The van der Waals surface area contributed by atoms with Crippen LogP contribution in [0, 0.1) is 0 Å². The lowest BCUT2D eigenvalue weighted by molar-refractivity contribution is 0.454. The Kier molecular flexibility index (Phi) is 4.82. The monoisotopic (exact) mass is 423 g/mol. The van der Waals surface area contributed by atoms with Gasteiger partial charge in [-0.15, -0.1) is 0 Å². The summed E-state index contributed by atoms with van der Waals surface area (Å²) in [5.41, 5.74) is 4.66. The summed E-state index contributed by atoms with van der Waals surface area (Å²) in [5.74, 6) is 0.599. The van der Waals surface area contributed by atoms with E-state index in [1.165, 1.54) is 43.4 Å². The zero-order valence-corrected chi connectivity index (χ0v) is 17.9. The van der Waals surface area contributed by atoms with Gasteiger partial charge in [0.2, 0.25) is 0 Å². The molecule has 6 rings (SSSR count). The summed E-state index contributed by atoms with van der Waals surface area (Å²) in [6, 6.07) is 40.2. The molecule has 0 fully saturated rings. The van der Waals surface area contributed by atoms with Crippen molar-refractivity contribution in [3.8, 4) is 28.0 Å². The van der Waals surface area contributed by atoms with Crippen molar-refractivity contribution in [2.24, 2.45) is 0 Å². The van der Waals surface area contributed by atoms with Crippen LogP contribution in [-0.4, -0.2) is 12.7 Å². The first-order chi connectivity index (χ1) is 16.3. The van der Waals surface area contributed by atoms with Crippen LogP contribution in [0.1, 0.15) is 0 Å². The maximum absolute atomic E-state index is 9.12. The Hall–Kier alpha value is -4.08. The molecule has 155 valence electrons. The molecule has 0 aliphatic rings. The summed E-state index contributed by atoms with van der Waals surface area (Å²) < 4.78 is 5.26. The molecular weight excluding hydrogens is 403 g/mol. The van der Waals surface area contributed by atoms with Crippen molar-refractivity contribution in [2.45, 2.75) is 0 Å². The second-order valence-electron chi connectivity index (χ2n) is 8.15. The lowest BCUT2D eigenvalue weighted by Crippen LogP contribution is -1.99. The molecule has 0 bridgehead atoms. The van der Waals surface area contributed by atoms with Crippen LogP contribution in [0.25, 0.3) is 54.6 Å². The van der Waals surface area contributed by atoms with Crippen molar-refractivity contribution in [3.63, 3.8) is 0 Å². The van der Waals surface area contributed by atoms with Crippen molar-refractivity contribution in [1.82, 2.24) is 0 Å². The SMILES string of the molecule is O[B]Oc1cccc(-c2c3ccccc3c(-c3ccc4ccccc4c3)c3ccccc23)c1. The fraction of sp³-hybridized carbons (Fsp3) is 0. The fourth-order valence-electron chi connectivity index (χ4n) is 4.88. The van der Waals surface area contributed by atoms with Gasteiger partial charge in [-0.2, -0.15) is 0 Å². The largest absolute Gasteiger partial charge is 0.569 e. The molecule has 0 unspecified atom stereocenters. The third kappa shape index (κ3) is 3.34. The maximum Gasteiger partial charge on any atom is 0.569 e. The van der Waals surface area contributed by atoms with E-state index in [0.717, 1.165) is 18.8 Å². The third-order valence-electron chi connectivity index (χ3n) is 6.28. The number of fused-ring (bicyclic) bond motifs is 3. The van der Waals surface area contributed by atoms with Gasteiger partial charge >= 0.3 is 7.69 Å². The van der Waals surface area contributed by atoms with Gasteiger partial charge in [0.25, 0.3) is 0 Å². The summed E-state index contributed by atoms with van der Waals surface area (Å²) in [4.78, 5) is 0. The Labute approximate surface area is 193 Å². The molecule has 6 aromatic rings. The molecule has 0 atom stereocenters. The van der Waals surface area contributed by atoms with Gasteiger partial charge in [0.05, 0.1) is 0 Å². The second-order valence-corrected chi connectivity index (χ2v) is 8.15. The zero-order chi connectivity index (χ0) is 22.2. The lowest BCUT2D eigenvalue weighted by Gasteiger charge is -2.18. The summed E-state index contributed by atoms with van der Waals surface area (Å²) in [7, 11) is 0.720. The smallest absolute Gasteiger partial charge is 0.537 e. The predicted octanol–water partition coefficient (Wildman–Crippen LogP) is 7.39. The molecule has 0 aliphatic heterocycles. The molecule has 2 nitrogen and oxygen atoms in total. The van der Waals surface area contributed by atoms with E-state index in [-0.39, 0.29) is 0 Å². The molecule has 0 amide bonds. The van der Waals surface area contributed by atoms with E-state index in [1.807, 2.05) is 18.2 Å². The van der Waals surface area contributed by atoms with Gasteiger partial charge in [-0.05, 0) is 72.8 Å². The van der Waals surface area contributed by atoms with E-state index in [2.05, 4.69) is 97.1 Å². The molecule has 0 aromatic heterocycles. The highest BCUT2D eigenvalue weighted by molar-refractivity contribution is 6.22. The second kappa shape index (κ2) is 8.12. The van der Waals surface area contributed by atoms with Crippen LogP contribution in [0.3, 0.4) is 0 Å². The normalized spacial score (nSPS) is 11.2. The molecule has 0 spiro atoms. The minimum Gasteiger partial charge on any atom is -0.537 e. The first kappa shape index (κ1) is 19.6. The topological polar surface area (TPSA) is 29.5 Å². The van der Waals surface area contributed by atoms with Crippen LogP contribution in [0.4, 0.5) is 0 Å². The van der Waals surface area contributed by atoms with Crippen molar-refractivity contribution in [1.29, 1.82) is 0 Å². The van der Waals surface area contributed by atoms with Gasteiger partial charge in [0.1, 0.15) is 5.75 Å². The van der Waals surface area contributed by atoms with Crippen LogP contribution < -0.4 is 4.65 Å². The average Bonchev–Trinajstić information content (AvgIpc) is 2.87. The minimum absolute atomic E-state index is 0.599. The van der Waals surface area contributed by atoms with Gasteiger partial charge < -0.3 is 9.68 Å². The fourth-order valence-corrected chi connectivity index (χ4v) is 4.88. The molecule has 33 heavy (non-hydrogen) atoms. The Morgan fingerprint density at radius 1 is 0.485 bits per heavy atom. The van der Waals surface area contributed by atoms with Gasteiger partial charge in [-0.1, -0.05) is 97.1 Å². The van der Waals surface area contributed by atoms with E-state index in [0.29, 0.717) is 5.75 Å². The molecule has 0 aliphatic carbocycles. The Morgan fingerprint density at radius 3 is 1.64 bits per heavy atom. The van der Waals surface area contributed by atoms with E-state index in [4.69, 9.17) is 9.68 Å². The zero-order valence-electron chi connectivity index (χ0n) is 17.9. The van der Waals surface area contributed by atoms with Crippen molar-refractivity contribution in [2.75, 3.05) is 0 Å².